The molecule has 158 valence electrons. The van der Waals surface area contributed by atoms with Crippen molar-refractivity contribution < 1.29 is 17.6 Å². The van der Waals surface area contributed by atoms with Gasteiger partial charge in [0.25, 0.3) is 0 Å². The molecule has 0 atom stereocenters. The zero-order valence-electron chi connectivity index (χ0n) is 16.6. The number of rotatable bonds is 6. The first-order chi connectivity index (χ1) is 14.1. The van der Waals surface area contributed by atoms with E-state index in [1.165, 1.54) is 42.1 Å². The number of anilines is 1. The van der Waals surface area contributed by atoms with Crippen molar-refractivity contribution in [1.29, 1.82) is 0 Å². The highest BCUT2D eigenvalue weighted by molar-refractivity contribution is 9.10. The Hall–Kier alpha value is -2.56. The molecule has 0 radical (unpaired) electrons. The van der Waals surface area contributed by atoms with Gasteiger partial charge in [-0.05, 0) is 62.4 Å². The molecular formula is C20H20BrFN4O3S. The van der Waals surface area contributed by atoms with Crippen molar-refractivity contribution in [2.45, 2.75) is 18.7 Å². The van der Waals surface area contributed by atoms with Crippen LogP contribution in [0.4, 0.5) is 10.1 Å². The number of nitrogens with one attached hydrogen (secondary N) is 1. The summed E-state index contributed by atoms with van der Waals surface area (Å²) in [6.45, 7) is 3.21. The van der Waals surface area contributed by atoms with Crippen LogP contribution in [-0.4, -0.2) is 42.0 Å². The molecule has 2 aromatic carbocycles. The van der Waals surface area contributed by atoms with Gasteiger partial charge in [-0.15, -0.1) is 0 Å². The van der Waals surface area contributed by atoms with Crippen molar-refractivity contribution in [2.75, 3.05) is 18.9 Å². The van der Waals surface area contributed by atoms with E-state index in [1.54, 1.807) is 12.1 Å². The summed E-state index contributed by atoms with van der Waals surface area (Å²) in [7, 11) is -2.52. The number of hydrogen-bond donors (Lipinski definition) is 1. The fraction of sp³-hybridized carbons (Fsp3) is 0.200. The largest absolute Gasteiger partial charge is 0.325 e. The Kier molecular flexibility index (Phi) is 6.39. The van der Waals surface area contributed by atoms with Gasteiger partial charge in [0, 0.05) is 22.9 Å². The summed E-state index contributed by atoms with van der Waals surface area (Å²) < 4.78 is 42.9. The minimum Gasteiger partial charge on any atom is -0.325 e. The zero-order chi connectivity index (χ0) is 22.1. The first-order valence-electron chi connectivity index (χ1n) is 8.93. The van der Waals surface area contributed by atoms with E-state index in [0.717, 1.165) is 20.2 Å². The van der Waals surface area contributed by atoms with Crippen LogP contribution in [0.2, 0.25) is 0 Å². The van der Waals surface area contributed by atoms with Gasteiger partial charge in [0.1, 0.15) is 5.69 Å². The van der Waals surface area contributed by atoms with E-state index >= 15 is 0 Å². The van der Waals surface area contributed by atoms with E-state index in [2.05, 4.69) is 26.3 Å². The van der Waals surface area contributed by atoms with E-state index in [1.807, 2.05) is 19.9 Å². The van der Waals surface area contributed by atoms with Crippen LogP contribution in [0.15, 0.2) is 57.9 Å². The highest BCUT2D eigenvalue weighted by Crippen LogP contribution is 2.21. The molecule has 0 spiro atoms. The Labute approximate surface area is 182 Å². The average molecular weight is 495 g/mol. The Morgan fingerprint density at radius 1 is 1.17 bits per heavy atom. The Morgan fingerprint density at radius 3 is 2.40 bits per heavy atom. The van der Waals surface area contributed by atoms with Gasteiger partial charge in [-0.1, -0.05) is 15.9 Å². The van der Waals surface area contributed by atoms with Crippen LogP contribution in [0.25, 0.3) is 5.69 Å². The number of amides is 1. The van der Waals surface area contributed by atoms with Gasteiger partial charge < -0.3 is 5.32 Å². The molecule has 0 aliphatic heterocycles. The van der Waals surface area contributed by atoms with Crippen LogP contribution in [0.5, 0.6) is 0 Å². The summed E-state index contributed by atoms with van der Waals surface area (Å²) in [4.78, 5) is 12.4. The summed E-state index contributed by atoms with van der Waals surface area (Å²) in [5.74, 6) is -1.15. The molecule has 30 heavy (non-hydrogen) atoms. The van der Waals surface area contributed by atoms with Crippen LogP contribution < -0.4 is 5.32 Å². The van der Waals surface area contributed by atoms with Gasteiger partial charge in [0.2, 0.25) is 15.9 Å². The first kappa shape index (κ1) is 22.1. The molecular weight excluding hydrogens is 475 g/mol. The van der Waals surface area contributed by atoms with E-state index in [0.29, 0.717) is 0 Å². The molecule has 0 aliphatic rings. The summed E-state index contributed by atoms with van der Waals surface area (Å²) in [5.41, 5.74) is 2.02. The second-order valence-corrected chi connectivity index (χ2v) is 9.73. The highest BCUT2D eigenvalue weighted by atomic mass is 79.9. The molecule has 1 amide bonds. The van der Waals surface area contributed by atoms with Gasteiger partial charge >= 0.3 is 0 Å². The number of halogens is 2. The van der Waals surface area contributed by atoms with Gasteiger partial charge in [-0.2, -0.15) is 9.40 Å². The fourth-order valence-electron chi connectivity index (χ4n) is 2.90. The van der Waals surface area contributed by atoms with Crippen molar-refractivity contribution in [1.82, 2.24) is 14.1 Å². The number of benzene rings is 2. The number of carbonyl (C=O) groups excluding carboxylic acids is 1. The number of hydrogen-bond acceptors (Lipinski definition) is 4. The van der Waals surface area contributed by atoms with Crippen molar-refractivity contribution in [3.63, 3.8) is 0 Å². The minimum absolute atomic E-state index is 0.0706. The number of sulfonamides is 1. The quantitative estimate of drug-likeness (QED) is 0.566. The van der Waals surface area contributed by atoms with Crippen LogP contribution in [0, 0.1) is 19.7 Å². The van der Waals surface area contributed by atoms with E-state index < -0.39 is 28.3 Å². The maximum absolute atomic E-state index is 14.6. The van der Waals surface area contributed by atoms with Crippen LogP contribution >= 0.6 is 15.9 Å². The second-order valence-electron chi connectivity index (χ2n) is 6.77. The van der Waals surface area contributed by atoms with Crippen LogP contribution in [0.3, 0.4) is 0 Å². The number of likely N-dealkylation sites (N-methyl/N-ethyl adjacent to an activating group) is 1. The van der Waals surface area contributed by atoms with Gasteiger partial charge in [-0.3, -0.25) is 4.79 Å². The van der Waals surface area contributed by atoms with Crippen LogP contribution in [0.1, 0.15) is 11.4 Å². The molecule has 1 heterocycles. The molecule has 7 nitrogen and oxygen atoms in total. The lowest BCUT2D eigenvalue weighted by atomic mass is 10.2. The molecule has 0 bridgehead atoms. The average Bonchev–Trinajstić information content (AvgIpc) is 3.00. The molecule has 0 fully saturated rings. The predicted octanol–water partition coefficient (Wildman–Crippen LogP) is 3.65. The van der Waals surface area contributed by atoms with E-state index in [4.69, 9.17) is 0 Å². The molecule has 1 aromatic heterocycles. The smallest absolute Gasteiger partial charge is 0.243 e. The molecule has 0 saturated carbocycles. The monoisotopic (exact) mass is 494 g/mol. The molecule has 0 unspecified atom stereocenters. The van der Waals surface area contributed by atoms with Crippen molar-refractivity contribution in [2.24, 2.45) is 0 Å². The van der Waals surface area contributed by atoms with Gasteiger partial charge in [-0.25, -0.2) is 17.5 Å². The Bertz CT molecular complexity index is 1190. The summed E-state index contributed by atoms with van der Waals surface area (Å²) >= 11 is 3.25. The number of carbonyl (C=O) groups is 1. The fourth-order valence-corrected chi connectivity index (χ4v) is 4.29. The highest BCUT2D eigenvalue weighted by Gasteiger charge is 2.23. The molecule has 10 heteroatoms. The van der Waals surface area contributed by atoms with E-state index in [-0.39, 0.29) is 16.3 Å². The lowest BCUT2D eigenvalue weighted by molar-refractivity contribution is -0.116. The standard InChI is InChI=1S/C20H20BrFN4O3S/c1-13-10-14(2)26(24-13)19-9-6-16(11-18(19)22)23-20(27)12-25(3)30(28,29)17-7-4-15(21)5-8-17/h4-11H,12H2,1-3H3,(H,23,27). The minimum atomic E-state index is -3.83. The first-order valence-corrected chi connectivity index (χ1v) is 11.2. The third-order valence-electron chi connectivity index (χ3n) is 4.36. The zero-order valence-corrected chi connectivity index (χ0v) is 19.0. The van der Waals surface area contributed by atoms with Crippen molar-refractivity contribution in [3.05, 3.63) is 70.2 Å². The maximum Gasteiger partial charge on any atom is 0.243 e. The number of nitrogens with zero attached hydrogens (tertiary/aromatic N) is 3. The molecule has 0 saturated heterocycles. The molecule has 1 N–H and O–H groups in total. The lowest BCUT2D eigenvalue weighted by Gasteiger charge is -2.17. The number of aryl methyl sites for hydroxylation is 2. The van der Waals surface area contributed by atoms with E-state index in [9.17, 15) is 17.6 Å². The lowest BCUT2D eigenvalue weighted by Crippen LogP contribution is -2.35. The number of aromatic nitrogens is 2. The molecule has 3 rings (SSSR count). The summed E-state index contributed by atoms with van der Waals surface area (Å²) in [6, 6.07) is 12.1. The third kappa shape index (κ3) is 4.77. The molecule has 0 aliphatic carbocycles. The van der Waals surface area contributed by atoms with Crippen molar-refractivity contribution >= 4 is 37.5 Å². The normalized spacial score (nSPS) is 11.7. The summed E-state index contributed by atoms with van der Waals surface area (Å²) in [5, 5.41) is 6.77. The predicted molar refractivity (Wildman–Crippen MR) is 116 cm³/mol. The van der Waals surface area contributed by atoms with Gasteiger partial charge in [0.15, 0.2) is 5.82 Å². The maximum atomic E-state index is 14.6. The van der Waals surface area contributed by atoms with Crippen molar-refractivity contribution in [3.8, 4) is 5.69 Å². The summed E-state index contributed by atoms with van der Waals surface area (Å²) in [6.07, 6.45) is 0. The Morgan fingerprint density at radius 2 is 1.83 bits per heavy atom. The van der Waals surface area contributed by atoms with Crippen LogP contribution in [-0.2, 0) is 14.8 Å². The molecule has 3 aromatic rings. The second kappa shape index (κ2) is 8.66. The topological polar surface area (TPSA) is 84.3 Å². The third-order valence-corrected chi connectivity index (χ3v) is 6.70. The SMILES string of the molecule is Cc1cc(C)n(-c2ccc(NC(=O)CN(C)S(=O)(=O)c3ccc(Br)cc3)cc2F)n1. The van der Waals surface area contributed by atoms with Gasteiger partial charge in [0.05, 0.1) is 17.1 Å². The Balaban J connectivity index is 1.71.